The van der Waals surface area contributed by atoms with Crippen molar-refractivity contribution in [2.24, 2.45) is 0 Å². The molecule has 210 valence electrons. The molecular formula is C35H56F2. The zero-order chi connectivity index (χ0) is 30.0. The van der Waals surface area contributed by atoms with Gasteiger partial charge in [0.15, 0.2) is 0 Å². The van der Waals surface area contributed by atoms with Gasteiger partial charge in [-0.3, -0.25) is 0 Å². The minimum atomic E-state index is -1.60. The summed E-state index contributed by atoms with van der Waals surface area (Å²) in [7, 11) is 0. The lowest BCUT2D eigenvalue weighted by molar-refractivity contribution is 0.213. The maximum atomic E-state index is 13.3. The van der Waals surface area contributed by atoms with Gasteiger partial charge in [-0.15, -0.1) is 6.58 Å². The zero-order valence-electron chi connectivity index (χ0n) is 26.2. The van der Waals surface area contributed by atoms with Crippen molar-refractivity contribution in [3.63, 3.8) is 0 Å². The molecule has 0 nitrogen and oxygen atoms in total. The van der Waals surface area contributed by atoms with Crippen LogP contribution in [0.5, 0.6) is 0 Å². The summed E-state index contributed by atoms with van der Waals surface area (Å²) >= 11 is 0. The molecule has 2 heteroatoms. The van der Waals surface area contributed by atoms with E-state index in [1.807, 2.05) is 80.5 Å². The number of rotatable bonds is 4. The van der Waals surface area contributed by atoms with Gasteiger partial charge in [0.05, 0.1) is 0 Å². The van der Waals surface area contributed by atoms with E-state index in [1.54, 1.807) is 12.1 Å². The monoisotopic (exact) mass is 514 g/mol. The highest BCUT2D eigenvalue weighted by Gasteiger charge is 2.22. The van der Waals surface area contributed by atoms with Crippen LogP contribution in [0.3, 0.4) is 0 Å². The van der Waals surface area contributed by atoms with Crippen molar-refractivity contribution in [1.29, 1.82) is 0 Å². The minimum absolute atomic E-state index is 0.127. The van der Waals surface area contributed by atoms with E-state index in [1.165, 1.54) is 48.3 Å². The van der Waals surface area contributed by atoms with Gasteiger partial charge < -0.3 is 0 Å². The van der Waals surface area contributed by atoms with E-state index in [-0.39, 0.29) is 5.56 Å². The SMILES string of the molecule is C=C(C)C.C=C/C=C(C)\C=C/C.CC.CC.CCc1ccc(C)cc1.Cc1ccc(F)c(C(C)(C)F)c1. The van der Waals surface area contributed by atoms with E-state index in [2.05, 4.69) is 51.3 Å². The van der Waals surface area contributed by atoms with E-state index in [4.69, 9.17) is 0 Å². The molecule has 0 heterocycles. The first-order chi connectivity index (χ1) is 17.3. The molecule has 0 spiro atoms. The summed E-state index contributed by atoms with van der Waals surface area (Å²) in [4.78, 5) is 0. The van der Waals surface area contributed by atoms with Crippen LogP contribution >= 0.6 is 0 Å². The third kappa shape index (κ3) is 27.7. The summed E-state index contributed by atoms with van der Waals surface area (Å²) in [6.45, 7) is 31.9. The lowest BCUT2D eigenvalue weighted by Crippen LogP contribution is -2.11. The third-order valence-electron chi connectivity index (χ3n) is 4.10. The Morgan fingerprint density at radius 1 is 0.892 bits per heavy atom. The molecular weight excluding hydrogens is 458 g/mol. The van der Waals surface area contributed by atoms with Crippen LogP contribution in [-0.4, -0.2) is 0 Å². The third-order valence-corrected chi connectivity index (χ3v) is 4.10. The number of benzene rings is 2. The standard InChI is InChI=1S/C10H12F2.C9H12.C8H12.C4H8.2C2H6/c1-7-4-5-9(11)8(6-7)10(2,3)12;1-3-9-6-4-8(2)5-7-9;1-4-6-8(3)7-5-2;1-4(2)3;2*1-2/h4-6H,1-3H3;4-7H,3H2,1-2H3;4-7H,1H2,2-3H3;1H2,2-3H3;2*1-2H3/b;;7-5-,8-6-;;;. The highest BCUT2D eigenvalue weighted by atomic mass is 19.1. The molecule has 0 radical (unpaired) electrons. The predicted molar refractivity (Wildman–Crippen MR) is 168 cm³/mol. The van der Waals surface area contributed by atoms with Crippen molar-refractivity contribution in [1.82, 2.24) is 0 Å². The summed E-state index contributed by atoms with van der Waals surface area (Å²) in [6, 6.07) is 13.1. The molecule has 0 amide bonds. The summed E-state index contributed by atoms with van der Waals surface area (Å²) in [5.74, 6) is -0.479. The molecule has 0 unspecified atom stereocenters. The Hall–Kier alpha value is -2.74. The van der Waals surface area contributed by atoms with Crippen LogP contribution in [0.25, 0.3) is 0 Å². The Balaban J connectivity index is -0.000000196. The van der Waals surface area contributed by atoms with Crippen molar-refractivity contribution in [3.05, 3.63) is 119 Å². The Morgan fingerprint density at radius 3 is 1.65 bits per heavy atom. The normalized spacial score (nSPS) is 9.86. The number of hydrogen-bond acceptors (Lipinski definition) is 0. The summed E-state index contributed by atoms with van der Waals surface area (Å²) in [5.41, 5.74) is 4.56. The quantitative estimate of drug-likeness (QED) is 0.281. The molecule has 2 rings (SSSR count). The van der Waals surface area contributed by atoms with E-state index < -0.39 is 11.5 Å². The molecule has 0 aromatic heterocycles. The average molecular weight is 515 g/mol. The van der Waals surface area contributed by atoms with E-state index >= 15 is 0 Å². The molecule has 0 aliphatic rings. The molecule has 0 N–H and O–H groups in total. The number of allylic oxidation sites excluding steroid dienone is 6. The molecule has 2 aromatic rings. The topological polar surface area (TPSA) is 0 Å². The average Bonchev–Trinajstić information content (AvgIpc) is 2.84. The van der Waals surface area contributed by atoms with Crippen LogP contribution in [0.15, 0.2) is 91.1 Å². The number of halogens is 2. The van der Waals surface area contributed by atoms with Crippen molar-refractivity contribution in [2.45, 2.75) is 102 Å². The first-order valence-electron chi connectivity index (χ1n) is 13.3. The maximum Gasteiger partial charge on any atom is 0.133 e. The van der Waals surface area contributed by atoms with E-state index in [0.29, 0.717) is 0 Å². The summed E-state index contributed by atoms with van der Waals surface area (Å²) in [5, 5.41) is 0. The Morgan fingerprint density at radius 2 is 1.32 bits per heavy atom. The molecule has 37 heavy (non-hydrogen) atoms. The second-order valence-corrected chi connectivity index (χ2v) is 8.65. The van der Waals surface area contributed by atoms with Crippen molar-refractivity contribution in [3.8, 4) is 0 Å². The van der Waals surface area contributed by atoms with Gasteiger partial charge in [0, 0.05) is 5.56 Å². The Bertz CT molecular complexity index is 872. The molecule has 0 saturated carbocycles. The van der Waals surface area contributed by atoms with Crippen LogP contribution in [0.2, 0.25) is 0 Å². The van der Waals surface area contributed by atoms with Crippen LogP contribution in [0.4, 0.5) is 8.78 Å². The lowest BCUT2D eigenvalue weighted by atomic mass is 9.98. The molecule has 0 fully saturated rings. The first-order valence-corrected chi connectivity index (χ1v) is 13.3. The van der Waals surface area contributed by atoms with Crippen LogP contribution in [0, 0.1) is 19.7 Å². The molecule has 0 atom stereocenters. The lowest BCUT2D eigenvalue weighted by Gasteiger charge is -2.15. The molecule has 2 aromatic carbocycles. The van der Waals surface area contributed by atoms with Crippen molar-refractivity contribution in [2.75, 3.05) is 0 Å². The Labute approximate surface area is 229 Å². The smallest absolute Gasteiger partial charge is 0.133 e. The molecule has 0 aliphatic heterocycles. The molecule has 0 aliphatic carbocycles. The Kier molecular flexibility index (Phi) is 29.5. The van der Waals surface area contributed by atoms with Crippen LogP contribution in [-0.2, 0) is 12.1 Å². The zero-order valence-corrected chi connectivity index (χ0v) is 26.2. The second-order valence-electron chi connectivity index (χ2n) is 8.65. The number of aryl methyl sites for hydroxylation is 3. The van der Waals surface area contributed by atoms with Crippen LogP contribution < -0.4 is 0 Å². The van der Waals surface area contributed by atoms with Gasteiger partial charge in [0.2, 0.25) is 0 Å². The van der Waals surface area contributed by atoms with Gasteiger partial charge in [-0.2, -0.15) is 0 Å². The molecule has 0 saturated heterocycles. The first kappa shape index (κ1) is 41.4. The van der Waals surface area contributed by atoms with Gasteiger partial charge >= 0.3 is 0 Å². The van der Waals surface area contributed by atoms with Gasteiger partial charge in [-0.1, -0.05) is 118 Å². The fourth-order valence-electron chi connectivity index (χ4n) is 2.42. The van der Waals surface area contributed by atoms with Crippen LogP contribution in [0.1, 0.15) is 98.4 Å². The summed E-state index contributed by atoms with van der Waals surface area (Å²) in [6.07, 6.45) is 8.95. The number of alkyl halides is 1. The minimum Gasteiger partial charge on any atom is -0.239 e. The fourth-order valence-corrected chi connectivity index (χ4v) is 2.42. The number of hydrogen-bond donors (Lipinski definition) is 0. The largest absolute Gasteiger partial charge is 0.239 e. The van der Waals surface area contributed by atoms with Gasteiger partial charge in [-0.25, -0.2) is 8.78 Å². The van der Waals surface area contributed by atoms with E-state index in [9.17, 15) is 8.78 Å². The van der Waals surface area contributed by atoms with Gasteiger partial charge in [0.25, 0.3) is 0 Å². The highest BCUT2D eigenvalue weighted by molar-refractivity contribution is 5.28. The van der Waals surface area contributed by atoms with Crippen molar-refractivity contribution >= 4 is 0 Å². The summed E-state index contributed by atoms with van der Waals surface area (Å²) < 4.78 is 26.3. The van der Waals surface area contributed by atoms with Gasteiger partial charge in [-0.05, 0) is 79.5 Å². The second kappa shape index (κ2) is 26.3. The predicted octanol–water partition coefficient (Wildman–Crippen LogP) is 12.2. The van der Waals surface area contributed by atoms with Crippen molar-refractivity contribution < 1.29 is 8.78 Å². The maximum absolute atomic E-state index is 13.3. The molecule has 0 bridgehead atoms. The highest BCUT2D eigenvalue weighted by Crippen LogP contribution is 2.27. The fraction of sp³-hybridized carbons (Fsp3) is 0.429. The van der Waals surface area contributed by atoms with E-state index in [0.717, 1.165) is 12.0 Å². The van der Waals surface area contributed by atoms with Gasteiger partial charge in [0.1, 0.15) is 11.5 Å².